The molecule has 0 aliphatic heterocycles. The van der Waals surface area contributed by atoms with Gasteiger partial charge in [-0.2, -0.15) is 0 Å². The second-order valence-electron chi connectivity index (χ2n) is 5.44. The standard InChI is InChI=1S/C19H20.C2H6/c1-15-7-5-10-19-14-18(12-6-11-17(19)13-15)16-8-3-2-4-9-16;1-2/h2-4,6-9,11,13-14,19H,5,10,12H2,1H3;1-2H3. The molecule has 1 atom stereocenters. The molecule has 1 aromatic rings. The highest BCUT2D eigenvalue weighted by molar-refractivity contribution is 5.68. The molecular weight excluding hydrogens is 252 g/mol. The summed E-state index contributed by atoms with van der Waals surface area (Å²) in [5.74, 6) is 0.572. The second-order valence-corrected chi connectivity index (χ2v) is 5.44. The van der Waals surface area contributed by atoms with Gasteiger partial charge in [-0.1, -0.05) is 80.1 Å². The van der Waals surface area contributed by atoms with Crippen LogP contribution in [0.1, 0.15) is 45.6 Å². The Bertz CT molecular complexity index is 567. The minimum Gasteiger partial charge on any atom is -0.0816 e. The van der Waals surface area contributed by atoms with Crippen LogP contribution in [0.25, 0.3) is 5.57 Å². The quantitative estimate of drug-likeness (QED) is 0.562. The van der Waals surface area contributed by atoms with E-state index in [1.807, 2.05) is 13.8 Å². The summed E-state index contributed by atoms with van der Waals surface area (Å²) in [7, 11) is 0. The summed E-state index contributed by atoms with van der Waals surface area (Å²) in [5.41, 5.74) is 5.70. The maximum absolute atomic E-state index is 2.48. The van der Waals surface area contributed by atoms with E-state index in [4.69, 9.17) is 0 Å². The molecule has 0 saturated heterocycles. The zero-order chi connectivity index (χ0) is 15.1. The lowest BCUT2D eigenvalue weighted by molar-refractivity contribution is 0.705. The molecule has 0 aromatic heterocycles. The van der Waals surface area contributed by atoms with Crippen molar-refractivity contribution in [2.24, 2.45) is 5.92 Å². The molecule has 0 saturated carbocycles. The van der Waals surface area contributed by atoms with Gasteiger partial charge in [-0.25, -0.2) is 0 Å². The van der Waals surface area contributed by atoms with Gasteiger partial charge in [0, 0.05) is 5.92 Å². The Morgan fingerprint density at radius 2 is 1.81 bits per heavy atom. The lowest BCUT2D eigenvalue weighted by atomic mass is 9.92. The summed E-state index contributed by atoms with van der Waals surface area (Å²) in [6.45, 7) is 6.20. The van der Waals surface area contributed by atoms with Gasteiger partial charge in [0.15, 0.2) is 0 Å². The Labute approximate surface area is 129 Å². The first-order chi connectivity index (χ1) is 10.3. The number of allylic oxidation sites excluding steroid dienone is 8. The first kappa shape index (κ1) is 15.6. The SMILES string of the molecule is CC.CC1=CCCC2C=C(c3ccccc3)CC=CC2=C1. The molecule has 2 aliphatic carbocycles. The van der Waals surface area contributed by atoms with Crippen LogP contribution in [0.15, 0.2) is 71.9 Å². The fraction of sp³-hybridized carbons (Fsp3) is 0.333. The van der Waals surface area contributed by atoms with Gasteiger partial charge >= 0.3 is 0 Å². The fourth-order valence-corrected chi connectivity index (χ4v) is 2.94. The maximum Gasteiger partial charge on any atom is 0.00270 e. The van der Waals surface area contributed by atoms with E-state index >= 15 is 0 Å². The van der Waals surface area contributed by atoms with Crippen LogP contribution in [0.4, 0.5) is 0 Å². The molecule has 0 N–H and O–H groups in total. The summed E-state index contributed by atoms with van der Waals surface area (Å²) in [4.78, 5) is 0. The van der Waals surface area contributed by atoms with E-state index in [1.165, 1.54) is 35.1 Å². The smallest absolute Gasteiger partial charge is 0.00270 e. The van der Waals surface area contributed by atoms with Crippen LogP contribution in [0.3, 0.4) is 0 Å². The van der Waals surface area contributed by atoms with E-state index < -0.39 is 0 Å². The topological polar surface area (TPSA) is 0 Å². The highest BCUT2D eigenvalue weighted by atomic mass is 14.2. The van der Waals surface area contributed by atoms with E-state index in [0.29, 0.717) is 5.92 Å². The molecule has 0 heterocycles. The van der Waals surface area contributed by atoms with Gasteiger partial charge < -0.3 is 0 Å². The number of hydrogen-bond donors (Lipinski definition) is 0. The van der Waals surface area contributed by atoms with Crippen molar-refractivity contribution in [1.82, 2.24) is 0 Å². The van der Waals surface area contributed by atoms with Crippen LogP contribution in [0, 0.1) is 5.92 Å². The molecule has 110 valence electrons. The largest absolute Gasteiger partial charge is 0.0816 e. The normalized spacial score (nSPS) is 20.7. The molecule has 0 heteroatoms. The monoisotopic (exact) mass is 278 g/mol. The van der Waals surface area contributed by atoms with Crippen molar-refractivity contribution >= 4 is 5.57 Å². The Hall–Kier alpha value is -1.82. The first-order valence-electron chi connectivity index (χ1n) is 8.14. The third kappa shape index (κ3) is 4.07. The molecule has 0 fully saturated rings. The van der Waals surface area contributed by atoms with Crippen molar-refractivity contribution in [3.63, 3.8) is 0 Å². The average Bonchev–Trinajstić information content (AvgIpc) is 2.82. The van der Waals surface area contributed by atoms with E-state index in [9.17, 15) is 0 Å². The van der Waals surface area contributed by atoms with Crippen molar-refractivity contribution in [2.75, 3.05) is 0 Å². The second kappa shape index (κ2) is 7.83. The lowest BCUT2D eigenvalue weighted by Gasteiger charge is -2.12. The molecule has 1 unspecified atom stereocenters. The molecule has 0 bridgehead atoms. The van der Waals surface area contributed by atoms with Crippen molar-refractivity contribution in [3.8, 4) is 0 Å². The van der Waals surface area contributed by atoms with Gasteiger partial charge in [0.05, 0.1) is 0 Å². The van der Waals surface area contributed by atoms with E-state index in [1.54, 1.807) is 0 Å². The first-order valence-corrected chi connectivity index (χ1v) is 8.14. The van der Waals surface area contributed by atoms with Gasteiger partial charge in [0.25, 0.3) is 0 Å². The predicted octanol–water partition coefficient (Wildman–Crippen LogP) is 6.34. The highest BCUT2D eigenvalue weighted by Gasteiger charge is 2.15. The van der Waals surface area contributed by atoms with E-state index in [2.05, 4.69) is 67.6 Å². The van der Waals surface area contributed by atoms with Crippen LogP contribution >= 0.6 is 0 Å². The molecule has 21 heavy (non-hydrogen) atoms. The van der Waals surface area contributed by atoms with Crippen LogP contribution < -0.4 is 0 Å². The highest BCUT2D eigenvalue weighted by Crippen LogP contribution is 2.33. The summed E-state index contributed by atoms with van der Waals surface area (Å²) in [6, 6.07) is 10.8. The summed E-state index contributed by atoms with van der Waals surface area (Å²) < 4.78 is 0. The maximum atomic E-state index is 2.48. The lowest BCUT2D eigenvalue weighted by Crippen LogP contribution is -1.98. The van der Waals surface area contributed by atoms with Crippen molar-refractivity contribution < 1.29 is 0 Å². The third-order valence-electron chi connectivity index (χ3n) is 3.96. The van der Waals surface area contributed by atoms with Crippen LogP contribution in [0.5, 0.6) is 0 Å². The number of fused-ring (bicyclic) bond motifs is 1. The van der Waals surface area contributed by atoms with Crippen LogP contribution in [-0.2, 0) is 0 Å². The summed E-state index contributed by atoms with van der Waals surface area (Å²) in [6.07, 6.45) is 15.3. The molecule has 2 aliphatic rings. The number of rotatable bonds is 1. The van der Waals surface area contributed by atoms with Gasteiger partial charge in [-0.15, -0.1) is 0 Å². The van der Waals surface area contributed by atoms with Gasteiger partial charge in [0.2, 0.25) is 0 Å². The average molecular weight is 278 g/mol. The molecule has 0 spiro atoms. The zero-order valence-electron chi connectivity index (χ0n) is 13.5. The minimum absolute atomic E-state index is 0.572. The van der Waals surface area contributed by atoms with Crippen molar-refractivity contribution in [3.05, 3.63) is 77.4 Å². The molecule has 0 radical (unpaired) electrons. The van der Waals surface area contributed by atoms with Gasteiger partial charge in [0.1, 0.15) is 0 Å². The Morgan fingerprint density at radius 3 is 2.57 bits per heavy atom. The Balaban J connectivity index is 0.000000774. The van der Waals surface area contributed by atoms with E-state index in [-0.39, 0.29) is 0 Å². The van der Waals surface area contributed by atoms with Crippen molar-refractivity contribution in [1.29, 1.82) is 0 Å². The Kier molecular flexibility index (Phi) is 5.80. The third-order valence-corrected chi connectivity index (χ3v) is 3.96. The zero-order valence-corrected chi connectivity index (χ0v) is 13.5. The predicted molar refractivity (Wildman–Crippen MR) is 94.1 cm³/mol. The molecule has 0 amide bonds. The van der Waals surface area contributed by atoms with Gasteiger partial charge in [-0.3, -0.25) is 0 Å². The summed E-state index contributed by atoms with van der Waals surface area (Å²) in [5, 5.41) is 0. The van der Waals surface area contributed by atoms with E-state index in [0.717, 1.165) is 6.42 Å². The molecule has 0 nitrogen and oxygen atoms in total. The van der Waals surface area contributed by atoms with Crippen LogP contribution in [-0.4, -0.2) is 0 Å². The fourth-order valence-electron chi connectivity index (χ4n) is 2.94. The number of hydrogen-bond acceptors (Lipinski definition) is 0. The van der Waals surface area contributed by atoms with Gasteiger partial charge in [-0.05, 0) is 42.9 Å². The molecule has 3 rings (SSSR count). The summed E-state index contributed by atoms with van der Waals surface area (Å²) >= 11 is 0. The van der Waals surface area contributed by atoms with Crippen molar-refractivity contribution in [2.45, 2.75) is 40.0 Å². The minimum atomic E-state index is 0.572. The number of benzene rings is 1. The molecule has 1 aromatic carbocycles. The Morgan fingerprint density at radius 1 is 1.05 bits per heavy atom. The molecular formula is C21H26. The van der Waals surface area contributed by atoms with Crippen LogP contribution in [0.2, 0.25) is 0 Å².